The first-order valence-corrected chi connectivity index (χ1v) is 6.23. The van der Waals surface area contributed by atoms with E-state index in [1.807, 2.05) is 31.2 Å². The maximum atomic E-state index is 12.4. The van der Waals surface area contributed by atoms with Crippen LogP contribution in [0.2, 0.25) is 0 Å². The maximum absolute atomic E-state index is 12.4. The molecule has 0 N–H and O–H groups in total. The second-order valence-corrected chi connectivity index (χ2v) is 4.51. The average molecular weight is 267 g/mol. The van der Waals surface area contributed by atoms with E-state index < -0.39 is 0 Å². The number of hydrogen-bond donors (Lipinski definition) is 0. The van der Waals surface area contributed by atoms with Crippen molar-refractivity contribution in [1.29, 1.82) is 0 Å². The molecule has 0 saturated carbocycles. The van der Waals surface area contributed by atoms with Gasteiger partial charge in [-0.15, -0.1) is 0 Å². The number of allylic oxidation sites excluding steroid dienone is 1. The van der Waals surface area contributed by atoms with Crippen LogP contribution in [0.4, 0.5) is 0 Å². The number of aromatic nitrogens is 1. The normalized spacial score (nSPS) is 15.1. The fraction of sp³-hybridized carbons (Fsp3) is 0.125. The molecule has 2 aromatic rings. The Balaban J connectivity index is 2.03. The molecule has 0 saturated heterocycles. The first kappa shape index (κ1) is 12.4. The van der Waals surface area contributed by atoms with Gasteiger partial charge in [0.25, 0.3) is 0 Å². The summed E-state index contributed by atoms with van der Waals surface area (Å²) in [5.41, 5.74) is 2.12. The van der Waals surface area contributed by atoms with Gasteiger partial charge >= 0.3 is 0 Å². The van der Waals surface area contributed by atoms with E-state index in [1.54, 1.807) is 25.4 Å². The standard InChI is InChI=1S/C16H13NO3/c1-10-7-12(19-2)9-13-15(10)16(18)14(20-13)8-11-5-3-4-6-17-11/h3-9H,1-2H3/b14-8-. The van der Waals surface area contributed by atoms with E-state index in [0.29, 0.717) is 22.8 Å². The molecule has 100 valence electrons. The zero-order valence-electron chi connectivity index (χ0n) is 11.2. The smallest absolute Gasteiger partial charge is 0.232 e. The molecule has 0 unspecified atom stereocenters. The molecular weight excluding hydrogens is 254 g/mol. The van der Waals surface area contributed by atoms with Gasteiger partial charge < -0.3 is 9.47 Å². The van der Waals surface area contributed by atoms with E-state index in [4.69, 9.17) is 9.47 Å². The van der Waals surface area contributed by atoms with Gasteiger partial charge in [-0.05, 0) is 30.7 Å². The molecule has 4 nitrogen and oxygen atoms in total. The third-order valence-electron chi connectivity index (χ3n) is 3.15. The molecule has 1 aromatic heterocycles. The number of fused-ring (bicyclic) bond motifs is 1. The molecule has 1 aliphatic heterocycles. The van der Waals surface area contributed by atoms with Crippen molar-refractivity contribution in [3.05, 3.63) is 59.1 Å². The minimum absolute atomic E-state index is 0.120. The van der Waals surface area contributed by atoms with Crippen LogP contribution in [0.25, 0.3) is 6.08 Å². The number of rotatable bonds is 2. The molecule has 2 heterocycles. The summed E-state index contributed by atoms with van der Waals surface area (Å²) in [5, 5.41) is 0. The number of pyridine rings is 1. The van der Waals surface area contributed by atoms with Gasteiger partial charge in [-0.2, -0.15) is 0 Å². The fourth-order valence-corrected chi connectivity index (χ4v) is 2.19. The number of ketones is 1. The average Bonchev–Trinajstić information content (AvgIpc) is 2.76. The van der Waals surface area contributed by atoms with Gasteiger partial charge in [0.05, 0.1) is 18.4 Å². The second kappa shape index (κ2) is 4.81. The molecule has 3 rings (SSSR count). The van der Waals surface area contributed by atoms with Crippen LogP contribution in [0, 0.1) is 6.92 Å². The Kier molecular flexibility index (Phi) is 2.99. The quantitative estimate of drug-likeness (QED) is 0.785. The van der Waals surface area contributed by atoms with Gasteiger partial charge in [-0.25, -0.2) is 0 Å². The Morgan fingerprint density at radius 2 is 2.15 bits per heavy atom. The summed E-state index contributed by atoms with van der Waals surface area (Å²) in [6.07, 6.45) is 3.32. The van der Waals surface area contributed by atoms with Crippen LogP contribution >= 0.6 is 0 Å². The van der Waals surface area contributed by atoms with Crippen molar-refractivity contribution in [2.24, 2.45) is 0 Å². The van der Waals surface area contributed by atoms with Crippen molar-refractivity contribution < 1.29 is 14.3 Å². The lowest BCUT2D eigenvalue weighted by atomic mass is 10.0. The minimum atomic E-state index is -0.120. The SMILES string of the molecule is COc1cc(C)c2c(c1)O/C(=C\c1ccccn1)C2=O. The molecular formula is C16H13NO3. The first-order chi connectivity index (χ1) is 9.69. The van der Waals surface area contributed by atoms with Crippen molar-refractivity contribution in [3.63, 3.8) is 0 Å². The van der Waals surface area contributed by atoms with E-state index in [0.717, 1.165) is 5.56 Å². The number of methoxy groups -OCH3 is 1. The maximum Gasteiger partial charge on any atom is 0.232 e. The number of nitrogens with zero attached hydrogens (tertiary/aromatic N) is 1. The van der Waals surface area contributed by atoms with E-state index in [9.17, 15) is 4.79 Å². The lowest BCUT2D eigenvalue weighted by Crippen LogP contribution is -2.00. The van der Waals surface area contributed by atoms with Gasteiger partial charge in [-0.1, -0.05) is 6.07 Å². The van der Waals surface area contributed by atoms with Crippen LogP contribution < -0.4 is 9.47 Å². The summed E-state index contributed by atoms with van der Waals surface area (Å²) >= 11 is 0. The zero-order valence-corrected chi connectivity index (χ0v) is 11.2. The highest BCUT2D eigenvalue weighted by atomic mass is 16.5. The van der Waals surface area contributed by atoms with E-state index in [1.165, 1.54) is 0 Å². The summed E-state index contributed by atoms with van der Waals surface area (Å²) < 4.78 is 10.8. The van der Waals surface area contributed by atoms with Crippen LogP contribution in [0.3, 0.4) is 0 Å². The molecule has 0 amide bonds. The molecule has 0 radical (unpaired) electrons. The molecule has 4 heteroatoms. The van der Waals surface area contributed by atoms with Gasteiger partial charge in [0.2, 0.25) is 5.78 Å². The van der Waals surface area contributed by atoms with Crippen LogP contribution in [0.1, 0.15) is 21.6 Å². The van der Waals surface area contributed by atoms with Crippen molar-refractivity contribution in [2.75, 3.05) is 7.11 Å². The Labute approximate surface area is 116 Å². The molecule has 0 fully saturated rings. The van der Waals surface area contributed by atoms with Gasteiger partial charge in [0.15, 0.2) is 5.76 Å². The highest BCUT2D eigenvalue weighted by molar-refractivity contribution is 6.15. The van der Waals surface area contributed by atoms with Crippen molar-refractivity contribution in [1.82, 2.24) is 4.98 Å². The Bertz CT molecular complexity index is 705. The molecule has 0 aliphatic carbocycles. The fourth-order valence-electron chi connectivity index (χ4n) is 2.19. The predicted molar refractivity (Wildman–Crippen MR) is 74.9 cm³/mol. The summed E-state index contributed by atoms with van der Waals surface area (Å²) in [6.45, 7) is 1.87. The van der Waals surface area contributed by atoms with Crippen molar-refractivity contribution >= 4 is 11.9 Å². The minimum Gasteiger partial charge on any atom is -0.497 e. The monoisotopic (exact) mass is 267 g/mol. The molecule has 1 aromatic carbocycles. The number of ether oxygens (including phenoxy) is 2. The molecule has 0 atom stereocenters. The molecule has 1 aliphatic rings. The van der Waals surface area contributed by atoms with Crippen molar-refractivity contribution in [3.8, 4) is 11.5 Å². The zero-order chi connectivity index (χ0) is 14.1. The summed E-state index contributed by atoms with van der Waals surface area (Å²) in [7, 11) is 1.59. The van der Waals surface area contributed by atoms with E-state index in [2.05, 4.69) is 4.98 Å². The van der Waals surface area contributed by atoms with Gasteiger partial charge in [0, 0.05) is 18.3 Å². The summed E-state index contributed by atoms with van der Waals surface area (Å²) in [6, 6.07) is 9.05. The Morgan fingerprint density at radius 3 is 2.85 bits per heavy atom. The van der Waals surface area contributed by atoms with E-state index >= 15 is 0 Å². The number of aryl methyl sites for hydroxylation is 1. The molecule has 0 spiro atoms. The van der Waals surface area contributed by atoms with Crippen LogP contribution in [0.15, 0.2) is 42.3 Å². The second-order valence-electron chi connectivity index (χ2n) is 4.51. The Hall–Kier alpha value is -2.62. The van der Waals surface area contributed by atoms with E-state index in [-0.39, 0.29) is 11.5 Å². The first-order valence-electron chi connectivity index (χ1n) is 6.23. The molecule has 20 heavy (non-hydrogen) atoms. The van der Waals surface area contributed by atoms with Gasteiger partial charge in [0.1, 0.15) is 11.5 Å². The topological polar surface area (TPSA) is 48.4 Å². The van der Waals surface area contributed by atoms with Crippen molar-refractivity contribution in [2.45, 2.75) is 6.92 Å². The highest BCUT2D eigenvalue weighted by Crippen LogP contribution is 2.37. The summed E-state index contributed by atoms with van der Waals surface area (Å²) in [5.74, 6) is 1.38. The third kappa shape index (κ3) is 2.05. The lowest BCUT2D eigenvalue weighted by Gasteiger charge is -2.04. The lowest BCUT2D eigenvalue weighted by molar-refractivity contribution is 0.101. The number of carbonyl (C=O) groups excluding carboxylic acids is 1. The van der Waals surface area contributed by atoms with Crippen LogP contribution in [-0.4, -0.2) is 17.9 Å². The third-order valence-corrected chi connectivity index (χ3v) is 3.15. The molecule has 0 bridgehead atoms. The van der Waals surface area contributed by atoms with Crippen LogP contribution in [-0.2, 0) is 0 Å². The predicted octanol–water partition coefficient (Wildman–Crippen LogP) is 3.01. The highest BCUT2D eigenvalue weighted by Gasteiger charge is 2.29. The number of benzene rings is 1. The number of Topliss-reactive ketones (excluding diaryl/α,β-unsaturated/α-hetero) is 1. The summed E-state index contributed by atoms with van der Waals surface area (Å²) in [4.78, 5) is 16.5. The Morgan fingerprint density at radius 1 is 1.30 bits per heavy atom. The number of hydrogen-bond acceptors (Lipinski definition) is 4. The number of carbonyl (C=O) groups is 1. The largest absolute Gasteiger partial charge is 0.497 e. The van der Waals surface area contributed by atoms with Crippen LogP contribution in [0.5, 0.6) is 11.5 Å². The van der Waals surface area contributed by atoms with Gasteiger partial charge in [-0.3, -0.25) is 9.78 Å².